The highest BCUT2D eigenvalue weighted by Crippen LogP contribution is 2.20. The number of rotatable bonds is 10. The summed E-state index contributed by atoms with van der Waals surface area (Å²) < 4.78 is 10.3. The second kappa shape index (κ2) is 11.0. The lowest BCUT2D eigenvalue weighted by atomic mass is 9.95. The second-order valence-electron chi connectivity index (χ2n) is 5.76. The number of nitrogens with zero attached hydrogens (tertiary/aromatic N) is 1. The van der Waals surface area contributed by atoms with Gasteiger partial charge in [0.2, 0.25) is 0 Å². The molecule has 124 valence electrons. The summed E-state index contributed by atoms with van der Waals surface area (Å²) in [5, 5.41) is 3.43. The number of piperidine rings is 1. The molecular weight excluding hydrogens is 268 g/mol. The summed E-state index contributed by atoms with van der Waals surface area (Å²) in [6.45, 7) is 9.11. The van der Waals surface area contributed by atoms with Gasteiger partial charge in [-0.15, -0.1) is 0 Å². The van der Waals surface area contributed by atoms with Gasteiger partial charge in [-0.25, -0.2) is 0 Å². The van der Waals surface area contributed by atoms with Gasteiger partial charge in [0.25, 0.3) is 0 Å². The Hall–Kier alpha value is -0.650. The van der Waals surface area contributed by atoms with Crippen LogP contribution in [0.1, 0.15) is 39.5 Å². The SMILES string of the molecule is CCCC(C(=O)OCC)N1CCCC(CNCCOC)C1. The number of nitrogens with one attached hydrogen (secondary N) is 1. The predicted molar refractivity (Wildman–Crippen MR) is 84.4 cm³/mol. The molecule has 0 spiro atoms. The van der Waals surface area contributed by atoms with Gasteiger partial charge in [0.1, 0.15) is 6.04 Å². The van der Waals surface area contributed by atoms with E-state index in [0.29, 0.717) is 12.5 Å². The van der Waals surface area contributed by atoms with Gasteiger partial charge in [0.05, 0.1) is 13.2 Å². The molecular formula is C16H32N2O3. The maximum Gasteiger partial charge on any atom is 0.323 e. The molecule has 0 saturated carbocycles. The Labute approximate surface area is 129 Å². The number of carbonyl (C=O) groups is 1. The molecule has 1 rings (SSSR count). The van der Waals surface area contributed by atoms with E-state index in [-0.39, 0.29) is 12.0 Å². The minimum absolute atomic E-state index is 0.0488. The van der Waals surface area contributed by atoms with E-state index in [2.05, 4.69) is 17.1 Å². The van der Waals surface area contributed by atoms with Crippen LogP contribution in [0.4, 0.5) is 0 Å². The highest BCUT2D eigenvalue weighted by atomic mass is 16.5. The number of hydrogen-bond acceptors (Lipinski definition) is 5. The molecule has 1 fully saturated rings. The molecule has 0 aromatic rings. The number of hydrogen-bond donors (Lipinski definition) is 1. The molecule has 5 nitrogen and oxygen atoms in total. The minimum Gasteiger partial charge on any atom is -0.465 e. The van der Waals surface area contributed by atoms with Crippen LogP contribution in [0.2, 0.25) is 0 Å². The van der Waals surface area contributed by atoms with Crippen LogP contribution in [0.25, 0.3) is 0 Å². The van der Waals surface area contributed by atoms with Crippen molar-refractivity contribution in [1.29, 1.82) is 0 Å². The fourth-order valence-corrected chi connectivity index (χ4v) is 2.99. The Morgan fingerprint density at radius 3 is 2.90 bits per heavy atom. The topological polar surface area (TPSA) is 50.8 Å². The van der Waals surface area contributed by atoms with Crippen molar-refractivity contribution in [3.05, 3.63) is 0 Å². The Kier molecular flexibility index (Phi) is 9.63. The summed E-state index contributed by atoms with van der Waals surface area (Å²) in [4.78, 5) is 14.5. The van der Waals surface area contributed by atoms with E-state index in [1.165, 1.54) is 6.42 Å². The first kappa shape index (κ1) is 18.4. The van der Waals surface area contributed by atoms with Crippen LogP contribution < -0.4 is 5.32 Å². The maximum atomic E-state index is 12.1. The third kappa shape index (κ3) is 6.76. The summed E-state index contributed by atoms with van der Waals surface area (Å²) in [6, 6.07) is -0.0586. The monoisotopic (exact) mass is 300 g/mol. The third-order valence-corrected chi connectivity index (χ3v) is 4.03. The van der Waals surface area contributed by atoms with Crippen molar-refractivity contribution in [1.82, 2.24) is 10.2 Å². The van der Waals surface area contributed by atoms with Gasteiger partial charge in [-0.2, -0.15) is 0 Å². The number of likely N-dealkylation sites (tertiary alicyclic amines) is 1. The molecule has 1 saturated heterocycles. The Bertz CT molecular complexity index is 287. The first-order valence-electron chi connectivity index (χ1n) is 8.33. The molecule has 1 aliphatic rings. The fourth-order valence-electron chi connectivity index (χ4n) is 2.99. The van der Waals surface area contributed by atoms with E-state index in [1.807, 2.05) is 6.92 Å². The molecule has 0 bridgehead atoms. The van der Waals surface area contributed by atoms with E-state index in [9.17, 15) is 4.79 Å². The Morgan fingerprint density at radius 1 is 1.43 bits per heavy atom. The highest BCUT2D eigenvalue weighted by molar-refractivity contribution is 5.75. The first-order valence-corrected chi connectivity index (χ1v) is 8.33. The van der Waals surface area contributed by atoms with E-state index in [0.717, 1.165) is 52.0 Å². The van der Waals surface area contributed by atoms with E-state index in [1.54, 1.807) is 7.11 Å². The van der Waals surface area contributed by atoms with Gasteiger partial charge in [-0.05, 0) is 45.2 Å². The molecule has 5 heteroatoms. The van der Waals surface area contributed by atoms with Gasteiger partial charge in [0, 0.05) is 20.2 Å². The minimum atomic E-state index is -0.0586. The molecule has 21 heavy (non-hydrogen) atoms. The van der Waals surface area contributed by atoms with Crippen molar-refractivity contribution >= 4 is 5.97 Å². The molecule has 0 aromatic carbocycles. The van der Waals surface area contributed by atoms with Crippen LogP contribution in [-0.4, -0.2) is 63.4 Å². The average molecular weight is 300 g/mol. The zero-order valence-electron chi connectivity index (χ0n) is 13.9. The largest absolute Gasteiger partial charge is 0.465 e. The van der Waals surface area contributed by atoms with Gasteiger partial charge < -0.3 is 14.8 Å². The van der Waals surface area contributed by atoms with Gasteiger partial charge in [-0.3, -0.25) is 9.69 Å². The second-order valence-corrected chi connectivity index (χ2v) is 5.76. The summed E-state index contributed by atoms with van der Waals surface area (Å²) in [5.41, 5.74) is 0. The summed E-state index contributed by atoms with van der Waals surface area (Å²) in [7, 11) is 1.72. The number of esters is 1. The van der Waals surface area contributed by atoms with Crippen LogP contribution in [-0.2, 0) is 14.3 Å². The quantitative estimate of drug-likeness (QED) is 0.491. The zero-order valence-corrected chi connectivity index (χ0v) is 13.9. The molecule has 2 unspecified atom stereocenters. The van der Waals surface area contributed by atoms with Crippen molar-refractivity contribution < 1.29 is 14.3 Å². The summed E-state index contributed by atoms with van der Waals surface area (Å²) in [6.07, 6.45) is 4.30. The van der Waals surface area contributed by atoms with E-state index in [4.69, 9.17) is 9.47 Å². The summed E-state index contributed by atoms with van der Waals surface area (Å²) >= 11 is 0. The smallest absolute Gasteiger partial charge is 0.323 e. The van der Waals surface area contributed by atoms with Gasteiger partial charge in [-0.1, -0.05) is 13.3 Å². The molecule has 0 amide bonds. The van der Waals surface area contributed by atoms with Crippen molar-refractivity contribution in [2.24, 2.45) is 5.92 Å². The Morgan fingerprint density at radius 2 is 2.24 bits per heavy atom. The molecule has 1 N–H and O–H groups in total. The maximum absolute atomic E-state index is 12.1. The lowest BCUT2D eigenvalue weighted by Gasteiger charge is -2.37. The van der Waals surface area contributed by atoms with Crippen molar-refractivity contribution in [2.75, 3.05) is 46.5 Å². The van der Waals surface area contributed by atoms with Crippen LogP contribution in [0.15, 0.2) is 0 Å². The van der Waals surface area contributed by atoms with Gasteiger partial charge in [0.15, 0.2) is 0 Å². The van der Waals surface area contributed by atoms with E-state index < -0.39 is 0 Å². The normalized spacial score (nSPS) is 21.2. The molecule has 1 aliphatic heterocycles. The van der Waals surface area contributed by atoms with E-state index >= 15 is 0 Å². The standard InChI is InChI=1S/C16H32N2O3/c1-4-7-15(16(19)21-5-2)18-10-6-8-14(13-18)12-17-9-11-20-3/h14-15,17H,4-13H2,1-3H3. The van der Waals surface area contributed by atoms with Crippen LogP contribution >= 0.6 is 0 Å². The molecule has 0 radical (unpaired) electrons. The zero-order chi connectivity index (χ0) is 15.5. The van der Waals surface area contributed by atoms with Gasteiger partial charge >= 0.3 is 5.97 Å². The predicted octanol–water partition coefficient (Wildman–Crippen LogP) is 1.67. The Balaban J connectivity index is 2.45. The molecule has 0 aliphatic carbocycles. The summed E-state index contributed by atoms with van der Waals surface area (Å²) in [5.74, 6) is 0.566. The van der Waals surface area contributed by atoms with Crippen molar-refractivity contribution in [3.8, 4) is 0 Å². The number of methoxy groups -OCH3 is 1. The highest BCUT2D eigenvalue weighted by Gasteiger charge is 2.30. The fraction of sp³-hybridized carbons (Fsp3) is 0.938. The molecule has 0 aromatic heterocycles. The lowest BCUT2D eigenvalue weighted by Crippen LogP contribution is -2.49. The van der Waals surface area contributed by atoms with Crippen LogP contribution in [0.3, 0.4) is 0 Å². The molecule has 2 atom stereocenters. The average Bonchev–Trinajstić information content (AvgIpc) is 2.49. The number of ether oxygens (including phenoxy) is 2. The number of carbonyl (C=O) groups excluding carboxylic acids is 1. The van der Waals surface area contributed by atoms with Crippen molar-refractivity contribution in [3.63, 3.8) is 0 Å². The third-order valence-electron chi connectivity index (χ3n) is 4.03. The van der Waals surface area contributed by atoms with Crippen molar-refractivity contribution in [2.45, 2.75) is 45.6 Å². The first-order chi connectivity index (χ1) is 10.2. The van der Waals surface area contributed by atoms with Crippen LogP contribution in [0, 0.1) is 5.92 Å². The molecule has 1 heterocycles. The van der Waals surface area contributed by atoms with Crippen LogP contribution in [0.5, 0.6) is 0 Å². The lowest BCUT2D eigenvalue weighted by molar-refractivity contribution is -0.150.